The molecule has 1 aromatic heterocycles. The Kier molecular flexibility index (Phi) is 3.03. The van der Waals surface area contributed by atoms with E-state index in [9.17, 15) is 0 Å². The third-order valence-corrected chi connectivity index (χ3v) is 2.90. The van der Waals surface area contributed by atoms with Crippen molar-refractivity contribution < 1.29 is 4.74 Å². The van der Waals surface area contributed by atoms with E-state index in [-0.39, 0.29) is 0 Å². The third-order valence-electron chi connectivity index (χ3n) is 2.90. The summed E-state index contributed by atoms with van der Waals surface area (Å²) >= 11 is 0. The fourth-order valence-corrected chi connectivity index (χ4v) is 1.84. The Morgan fingerprint density at radius 1 is 1.21 bits per heavy atom. The summed E-state index contributed by atoms with van der Waals surface area (Å²) in [6.45, 7) is 1.50. The van der Waals surface area contributed by atoms with Crippen LogP contribution in [-0.4, -0.2) is 30.2 Å². The molecule has 3 rings (SSSR count). The Morgan fingerprint density at radius 3 is 2.89 bits per heavy atom. The van der Waals surface area contributed by atoms with Crippen LogP contribution in [0.25, 0.3) is 0 Å². The van der Waals surface area contributed by atoms with Gasteiger partial charge in [-0.05, 0) is 18.1 Å². The first-order chi connectivity index (χ1) is 9.33. The van der Waals surface area contributed by atoms with Crippen LogP contribution < -0.4 is 9.64 Å². The van der Waals surface area contributed by atoms with Gasteiger partial charge in [-0.3, -0.25) is 0 Å². The molecule has 0 bridgehead atoms. The molecule has 0 radical (unpaired) electrons. The Morgan fingerprint density at radius 2 is 2.05 bits per heavy atom. The largest absolute Gasteiger partial charge is 0.474 e. The Balaban J connectivity index is 1.89. The molecule has 19 heavy (non-hydrogen) atoms. The van der Waals surface area contributed by atoms with Gasteiger partial charge in [0.15, 0.2) is 0 Å². The lowest BCUT2D eigenvalue weighted by Gasteiger charge is -2.25. The van der Waals surface area contributed by atoms with Gasteiger partial charge in [-0.1, -0.05) is 24.1 Å². The number of fused-ring (bicyclic) bond motifs is 1. The van der Waals surface area contributed by atoms with Gasteiger partial charge in [0.25, 0.3) is 0 Å². The number of likely N-dealkylation sites (N-methyl/N-ethyl adjacent to an activating group) is 1. The normalized spacial score (nSPS) is 13.0. The van der Waals surface area contributed by atoms with Crippen molar-refractivity contribution in [3.8, 4) is 17.7 Å². The minimum Gasteiger partial charge on any atom is -0.474 e. The number of anilines is 1. The van der Waals surface area contributed by atoms with Crippen molar-refractivity contribution in [1.29, 1.82) is 0 Å². The molecule has 0 atom stereocenters. The maximum Gasteiger partial charge on any atom is 0.241 e. The zero-order valence-corrected chi connectivity index (χ0v) is 10.6. The molecule has 2 heterocycles. The van der Waals surface area contributed by atoms with Crippen molar-refractivity contribution in [3.63, 3.8) is 0 Å². The van der Waals surface area contributed by atoms with E-state index in [2.05, 4.69) is 26.7 Å². The summed E-state index contributed by atoms with van der Waals surface area (Å²) in [5.41, 5.74) is 1.86. The Hall–Kier alpha value is -2.54. The van der Waals surface area contributed by atoms with Crippen LogP contribution in [0.4, 0.5) is 5.69 Å². The number of aromatic nitrogens is 2. The van der Waals surface area contributed by atoms with E-state index in [4.69, 9.17) is 4.74 Å². The van der Waals surface area contributed by atoms with Gasteiger partial charge >= 0.3 is 0 Å². The molecule has 0 aliphatic carbocycles. The van der Waals surface area contributed by atoms with Crippen LogP contribution in [0.1, 0.15) is 11.4 Å². The SMILES string of the molecule is CN1CCOc2nc(C#Cc3ccccc3)ncc21. The molecule has 0 saturated carbocycles. The van der Waals surface area contributed by atoms with Crippen LogP contribution in [-0.2, 0) is 0 Å². The molecule has 94 valence electrons. The fourth-order valence-electron chi connectivity index (χ4n) is 1.84. The van der Waals surface area contributed by atoms with Crippen molar-refractivity contribution in [1.82, 2.24) is 9.97 Å². The highest BCUT2D eigenvalue weighted by Crippen LogP contribution is 2.26. The second-order valence-corrected chi connectivity index (χ2v) is 4.27. The maximum absolute atomic E-state index is 5.53. The van der Waals surface area contributed by atoms with Gasteiger partial charge in [-0.15, -0.1) is 0 Å². The number of benzene rings is 1. The van der Waals surface area contributed by atoms with Crippen LogP contribution in [0.15, 0.2) is 36.5 Å². The molecule has 0 N–H and O–H groups in total. The molecule has 0 unspecified atom stereocenters. The fraction of sp³-hybridized carbons (Fsp3) is 0.200. The molecule has 2 aromatic rings. The lowest BCUT2D eigenvalue weighted by atomic mass is 10.2. The third kappa shape index (κ3) is 2.50. The molecular weight excluding hydrogens is 238 g/mol. The first-order valence-corrected chi connectivity index (χ1v) is 6.11. The average Bonchev–Trinajstić information content (AvgIpc) is 2.46. The van der Waals surface area contributed by atoms with Gasteiger partial charge in [0, 0.05) is 12.6 Å². The highest BCUT2D eigenvalue weighted by Gasteiger charge is 2.16. The number of hydrogen-bond acceptors (Lipinski definition) is 4. The molecule has 0 saturated heterocycles. The summed E-state index contributed by atoms with van der Waals surface area (Å²) in [5, 5.41) is 0. The average molecular weight is 251 g/mol. The van der Waals surface area contributed by atoms with Crippen molar-refractivity contribution >= 4 is 5.69 Å². The van der Waals surface area contributed by atoms with Crippen molar-refractivity contribution in [3.05, 3.63) is 47.9 Å². The first kappa shape index (κ1) is 11.5. The zero-order chi connectivity index (χ0) is 13.1. The Labute approximate surface area is 112 Å². The number of rotatable bonds is 0. The zero-order valence-electron chi connectivity index (χ0n) is 10.6. The van der Waals surface area contributed by atoms with Gasteiger partial charge in [0.1, 0.15) is 12.3 Å². The molecule has 0 spiro atoms. The smallest absolute Gasteiger partial charge is 0.241 e. The van der Waals surface area contributed by atoms with Crippen molar-refractivity contribution in [2.24, 2.45) is 0 Å². The highest BCUT2D eigenvalue weighted by atomic mass is 16.5. The summed E-state index contributed by atoms with van der Waals surface area (Å²) in [5.74, 6) is 7.09. The van der Waals surface area contributed by atoms with Crippen LogP contribution >= 0.6 is 0 Å². The Bertz CT molecular complexity index is 643. The van der Waals surface area contributed by atoms with Gasteiger partial charge in [0.05, 0.1) is 12.7 Å². The first-order valence-electron chi connectivity index (χ1n) is 6.11. The summed E-state index contributed by atoms with van der Waals surface area (Å²) in [7, 11) is 2.00. The molecule has 1 aliphatic rings. The summed E-state index contributed by atoms with van der Waals surface area (Å²) in [6.07, 6.45) is 1.76. The van der Waals surface area contributed by atoms with Gasteiger partial charge < -0.3 is 9.64 Å². The lowest BCUT2D eigenvalue weighted by Crippen LogP contribution is -2.29. The van der Waals surface area contributed by atoms with E-state index < -0.39 is 0 Å². The minimum absolute atomic E-state index is 0.484. The quantitative estimate of drug-likeness (QED) is 0.668. The number of nitrogens with zero attached hydrogens (tertiary/aromatic N) is 3. The monoisotopic (exact) mass is 251 g/mol. The highest BCUT2D eigenvalue weighted by molar-refractivity contribution is 5.55. The maximum atomic E-state index is 5.53. The number of ether oxygens (including phenoxy) is 1. The molecule has 1 aliphatic heterocycles. The number of hydrogen-bond donors (Lipinski definition) is 0. The molecule has 1 aromatic carbocycles. The predicted molar refractivity (Wildman–Crippen MR) is 73.2 cm³/mol. The molecule has 4 nitrogen and oxygen atoms in total. The summed E-state index contributed by atoms with van der Waals surface area (Å²) in [6, 6.07) is 9.78. The van der Waals surface area contributed by atoms with Crippen molar-refractivity contribution in [2.75, 3.05) is 25.1 Å². The standard InChI is InChI=1S/C15H13N3O/c1-18-9-10-19-15-13(18)11-16-14(17-15)8-7-12-5-3-2-4-6-12/h2-6,11H,9-10H2,1H3. The molecular formula is C15H13N3O. The van der Waals surface area contributed by atoms with E-state index in [0.717, 1.165) is 17.8 Å². The summed E-state index contributed by atoms with van der Waals surface area (Å²) < 4.78 is 5.53. The van der Waals surface area contributed by atoms with Crippen LogP contribution in [0.5, 0.6) is 5.88 Å². The molecule has 0 amide bonds. The summed E-state index contributed by atoms with van der Waals surface area (Å²) in [4.78, 5) is 10.7. The van der Waals surface area contributed by atoms with E-state index in [0.29, 0.717) is 18.3 Å². The second kappa shape index (κ2) is 4.99. The van der Waals surface area contributed by atoms with Gasteiger partial charge in [-0.25, -0.2) is 4.98 Å². The van der Waals surface area contributed by atoms with E-state index >= 15 is 0 Å². The van der Waals surface area contributed by atoms with Gasteiger partial charge in [0.2, 0.25) is 11.7 Å². The molecule has 0 fully saturated rings. The van der Waals surface area contributed by atoms with Crippen LogP contribution in [0.2, 0.25) is 0 Å². The predicted octanol–water partition coefficient (Wildman–Crippen LogP) is 1.70. The van der Waals surface area contributed by atoms with E-state index in [1.807, 2.05) is 37.4 Å². The lowest BCUT2D eigenvalue weighted by molar-refractivity contribution is 0.297. The van der Waals surface area contributed by atoms with Crippen LogP contribution in [0.3, 0.4) is 0 Å². The van der Waals surface area contributed by atoms with Crippen molar-refractivity contribution in [2.45, 2.75) is 0 Å². The molecule has 4 heteroatoms. The topological polar surface area (TPSA) is 38.2 Å². The van der Waals surface area contributed by atoms with Gasteiger partial charge in [-0.2, -0.15) is 4.98 Å². The van der Waals surface area contributed by atoms with E-state index in [1.54, 1.807) is 6.20 Å². The van der Waals surface area contributed by atoms with E-state index in [1.165, 1.54) is 0 Å². The second-order valence-electron chi connectivity index (χ2n) is 4.27. The minimum atomic E-state index is 0.484. The van der Waals surface area contributed by atoms with Crippen LogP contribution in [0, 0.1) is 11.8 Å².